The summed E-state index contributed by atoms with van der Waals surface area (Å²) in [7, 11) is 0. The molecule has 3 aromatic carbocycles. The molecule has 0 heterocycles. The molecule has 0 aliphatic carbocycles. The third kappa shape index (κ3) is 5.81. The lowest BCUT2D eigenvalue weighted by atomic mass is 10.1. The first-order chi connectivity index (χ1) is 14.5. The zero-order valence-corrected chi connectivity index (χ0v) is 17.8. The molecule has 156 valence electrons. The van der Waals surface area contributed by atoms with Gasteiger partial charge in [-0.25, -0.2) is 4.79 Å². The minimum atomic E-state index is -0.956. The number of hydrogen-bond donors (Lipinski definition) is 2. The molecule has 0 spiro atoms. The molecule has 0 radical (unpaired) electrons. The predicted octanol–water partition coefficient (Wildman–Crippen LogP) is 6.28. The summed E-state index contributed by atoms with van der Waals surface area (Å²) in [6, 6.07) is 17.7. The summed E-state index contributed by atoms with van der Waals surface area (Å²) in [5.74, 6) is 0.0844. The van der Waals surface area contributed by atoms with Crippen molar-refractivity contribution < 1.29 is 19.4 Å². The Morgan fingerprint density at radius 2 is 1.77 bits per heavy atom. The number of ether oxygens (including phenoxy) is 2. The predicted molar refractivity (Wildman–Crippen MR) is 119 cm³/mol. The van der Waals surface area contributed by atoms with Gasteiger partial charge in [-0.3, -0.25) is 0 Å². The third-order valence-corrected chi connectivity index (χ3v) is 4.79. The summed E-state index contributed by atoms with van der Waals surface area (Å²) in [5.41, 5.74) is 2.87. The fourth-order valence-electron chi connectivity index (χ4n) is 2.84. The van der Waals surface area contributed by atoms with Crippen LogP contribution < -0.4 is 14.8 Å². The highest BCUT2D eigenvalue weighted by Gasteiger charge is 2.13. The van der Waals surface area contributed by atoms with Crippen molar-refractivity contribution in [2.24, 2.45) is 0 Å². The molecular formula is C23H21Cl2NO4. The van der Waals surface area contributed by atoms with E-state index in [1.54, 1.807) is 30.3 Å². The summed E-state index contributed by atoms with van der Waals surface area (Å²) in [6.45, 7) is 3.16. The van der Waals surface area contributed by atoms with Crippen molar-refractivity contribution in [2.45, 2.75) is 20.1 Å². The largest absolute Gasteiger partial charge is 0.490 e. The first-order valence-electron chi connectivity index (χ1n) is 9.36. The van der Waals surface area contributed by atoms with Gasteiger partial charge in [0, 0.05) is 17.3 Å². The molecule has 0 aliphatic heterocycles. The molecule has 5 nitrogen and oxygen atoms in total. The fourth-order valence-corrected chi connectivity index (χ4v) is 3.34. The van der Waals surface area contributed by atoms with Crippen LogP contribution in [0.1, 0.15) is 28.4 Å². The van der Waals surface area contributed by atoms with Gasteiger partial charge in [-0.1, -0.05) is 35.3 Å². The number of rotatable bonds is 9. The Balaban J connectivity index is 1.72. The molecule has 0 bridgehead atoms. The zero-order valence-electron chi connectivity index (χ0n) is 16.3. The molecule has 30 heavy (non-hydrogen) atoms. The molecule has 0 aromatic heterocycles. The second-order valence-corrected chi connectivity index (χ2v) is 7.34. The van der Waals surface area contributed by atoms with Gasteiger partial charge >= 0.3 is 5.97 Å². The standard InChI is InChI=1S/C23H21Cl2NO4/c1-2-29-21-12-16(13-26-19-8-6-17(7-9-19)23(27)28)11-20(25)22(21)30-14-15-4-3-5-18(24)10-15/h3-12,26H,2,13-14H2,1H3,(H,27,28). The van der Waals surface area contributed by atoms with Crippen LogP contribution in [0.3, 0.4) is 0 Å². The van der Waals surface area contributed by atoms with E-state index in [2.05, 4.69) is 5.32 Å². The van der Waals surface area contributed by atoms with Crippen LogP contribution in [0, 0.1) is 0 Å². The number of hydrogen-bond acceptors (Lipinski definition) is 4. The Morgan fingerprint density at radius 3 is 2.43 bits per heavy atom. The van der Waals surface area contributed by atoms with Gasteiger partial charge in [-0.05, 0) is 66.6 Å². The summed E-state index contributed by atoms with van der Waals surface area (Å²) in [5, 5.41) is 13.3. The quantitative estimate of drug-likeness (QED) is 0.405. The summed E-state index contributed by atoms with van der Waals surface area (Å²) in [4.78, 5) is 11.0. The summed E-state index contributed by atoms with van der Waals surface area (Å²) >= 11 is 12.5. The zero-order chi connectivity index (χ0) is 21.5. The topological polar surface area (TPSA) is 67.8 Å². The molecule has 0 aliphatic rings. The molecule has 0 unspecified atom stereocenters. The molecule has 0 amide bonds. The van der Waals surface area contributed by atoms with Crippen LogP contribution in [0.25, 0.3) is 0 Å². The van der Waals surface area contributed by atoms with Gasteiger partial charge in [0.05, 0.1) is 17.2 Å². The Hall–Kier alpha value is -2.89. The average Bonchev–Trinajstić information content (AvgIpc) is 2.72. The molecule has 7 heteroatoms. The van der Waals surface area contributed by atoms with Crippen molar-refractivity contribution in [1.82, 2.24) is 0 Å². The summed E-state index contributed by atoms with van der Waals surface area (Å²) < 4.78 is 11.7. The molecule has 3 rings (SSSR count). The molecule has 0 saturated heterocycles. The minimum absolute atomic E-state index is 0.239. The van der Waals surface area contributed by atoms with Gasteiger partial charge < -0.3 is 19.9 Å². The number of carbonyl (C=O) groups is 1. The van der Waals surface area contributed by atoms with Gasteiger partial charge in [0.2, 0.25) is 0 Å². The van der Waals surface area contributed by atoms with Crippen molar-refractivity contribution in [2.75, 3.05) is 11.9 Å². The lowest BCUT2D eigenvalue weighted by molar-refractivity contribution is 0.0697. The lowest BCUT2D eigenvalue weighted by Crippen LogP contribution is -2.04. The monoisotopic (exact) mass is 445 g/mol. The highest BCUT2D eigenvalue weighted by atomic mass is 35.5. The number of nitrogens with one attached hydrogen (secondary N) is 1. The van der Waals surface area contributed by atoms with Crippen LogP contribution in [0.15, 0.2) is 60.7 Å². The minimum Gasteiger partial charge on any atom is -0.490 e. The van der Waals surface area contributed by atoms with Gasteiger partial charge in [-0.2, -0.15) is 0 Å². The van der Waals surface area contributed by atoms with Gasteiger partial charge in [0.15, 0.2) is 11.5 Å². The number of carboxylic acids is 1. The third-order valence-electron chi connectivity index (χ3n) is 4.27. The normalized spacial score (nSPS) is 10.5. The molecule has 2 N–H and O–H groups in total. The Kier molecular flexibility index (Phi) is 7.44. The van der Waals surface area contributed by atoms with Crippen molar-refractivity contribution in [3.05, 3.63) is 87.4 Å². The van der Waals surface area contributed by atoms with E-state index in [1.165, 1.54) is 0 Å². The number of anilines is 1. The highest BCUT2D eigenvalue weighted by molar-refractivity contribution is 6.32. The SMILES string of the molecule is CCOc1cc(CNc2ccc(C(=O)O)cc2)cc(Cl)c1OCc1cccc(Cl)c1. The molecular weight excluding hydrogens is 425 g/mol. The lowest BCUT2D eigenvalue weighted by Gasteiger charge is -2.16. The van der Waals surface area contributed by atoms with E-state index >= 15 is 0 Å². The Bertz CT molecular complexity index is 1020. The van der Waals surface area contributed by atoms with Crippen molar-refractivity contribution in [1.29, 1.82) is 0 Å². The van der Waals surface area contributed by atoms with Crippen LogP contribution in [0.4, 0.5) is 5.69 Å². The number of benzene rings is 3. The number of carboxylic acid groups (broad SMARTS) is 1. The first-order valence-corrected chi connectivity index (χ1v) is 10.1. The molecule has 3 aromatic rings. The Morgan fingerprint density at radius 1 is 1.00 bits per heavy atom. The van der Waals surface area contributed by atoms with Crippen LogP contribution in [0.5, 0.6) is 11.5 Å². The molecule has 0 fully saturated rings. The van der Waals surface area contributed by atoms with Crippen molar-refractivity contribution in [3.63, 3.8) is 0 Å². The van der Waals surface area contributed by atoms with Crippen LogP contribution in [-0.4, -0.2) is 17.7 Å². The second-order valence-electron chi connectivity index (χ2n) is 6.49. The van der Waals surface area contributed by atoms with Gasteiger partial charge in [0.25, 0.3) is 0 Å². The highest BCUT2D eigenvalue weighted by Crippen LogP contribution is 2.37. The Labute approximate surface area is 185 Å². The number of halogens is 2. The van der Waals surface area contributed by atoms with E-state index in [0.29, 0.717) is 41.3 Å². The van der Waals surface area contributed by atoms with Gasteiger partial charge in [0.1, 0.15) is 6.61 Å². The second kappa shape index (κ2) is 10.2. The maximum atomic E-state index is 11.0. The maximum Gasteiger partial charge on any atom is 0.335 e. The van der Waals surface area contributed by atoms with Crippen LogP contribution in [0.2, 0.25) is 10.0 Å². The van der Waals surface area contributed by atoms with E-state index in [1.807, 2.05) is 37.3 Å². The number of aromatic carboxylic acids is 1. The average molecular weight is 446 g/mol. The van der Waals surface area contributed by atoms with E-state index in [0.717, 1.165) is 16.8 Å². The molecule has 0 atom stereocenters. The fraction of sp³-hybridized carbons (Fsp3) is 0.174. The van der Waals surface area contributed by atoms with E-state index in [9.17, 15) is 4.79 Å². The van der Waals surface area contributed by atoms with Crippen molar-refractivity contribution in [3.8, 4) is 11.5 Å². The van der Waals surface area contributed by atoms with E-state index < -0.39 is 5.97 Å². The van der Waals surface area contributed by atoms with Gasteiger partial charge in [-0.15, -0.1) is 0 Å². The van der Waals surface area contributed by atoms with Crippen molar-refractivity contribution >= 4 is 34.9 Å². The smallest absolute Gasteiger partial charge is 0.335 e. The van der Waals surface area contributed by atoms with Crippen LogP contribution >= 0.6 is 23.2 Å². The summed E-state index contributed by atoms with van der Waals surface area (Å²) in [6.07, 6.45) is 0. The van der Waals surface area contributed by atoms with E-state index in [-0.39, 0.29) is 5.56 Å². The van der Waals surface area contributed by atoms with E-state index in [4.69, 9.17) is 37.8 Å². The van der Waals surface area contributed by atoms with Crippen LogP contribution in [-0.2, 0) is 13.2 Å². The maximum absolute atomic E-state index is 11.0. The molecule has 0 saturated carbocycles. The first kappa shape index (κ1) is 21.8.